The molecule has 1 atom stereocenters. The molecule has 31 heavy (non-hydrogen) atoms. The molecule has 4 rings (SSSR count). The SMILES string of the molecule is CN1C(=O)C(c2cccnc2)CC12CCN(C(=O)NC1CC1)CC2.O=C(O)C(F)(F)F. The van der Waals surface area contributed by atoms with Crippen LogP contribution in [-0.2, 0) is 9.59 Å². The molecule has 2 aliphatic heterocycles. The Hall–Kier alpha value is -2.85. The van der Waals surface area contributed by atoms with E-state index >= 15 is 0 Å². The molecule has 1 spiro atoms. The lowest BCUT2D eigenvalue weighted by Gasteiger charge is -2.43. The minimum atomic E-state index is -5.08. The van der Waals surface area contributed by atoms with Gasteiger partial charge < -0.3 is 20.2 Å². The third kappa shape index (κ3) is 5.26. The number of amides is 3. The first-order valence-corrected chi connectivity index (χ1v) is 10.1. The monoisotopic (exact) mass is 442 g/mol. The number of carbonyl (C=O) groups excluding carboxylic acids is 2. The van der Waals surface area contributed by atoms with Crippen molar-refractivity contribution in [3.63, 3.8) is 0 Å². The van der Waals surface area contributed by atoms with Crippen molar-refractivity contribution in [3.05, 3.63) is 30.1 Å². The van der Waals surface area contributed by atoms with Crippen molar-refractivity contribution in [2.75, 3.05) is 20.1 Å². The van der Waals surface area contributed by atoms with Gasteiger partial charge in [0, 0.05) is 44.1 Å². The quantitative estimate of drug-likeness (QED) is 0.732. The fraction of sp³-hybridized carbons (Fsp3) is 0.600. The van der Waals surface area contributed by atoms with E-state index in [1.165, 1.54) is 0 Å². The van der Waals surface area contributed by atoms with Crippen molar-refractivity contribution in [1.29, 1.82) is 0 Å². The largest absolute Gasteiger partial charge is 0.490 e. The maximum atomic E-state index is 12.8. The van der Waals surface area contributed by atoms with Crippen LogP contribution in [0.25, 0.3) is 0 Å². The summed E-state index contributed by atoms with van der Waals surface area (Å²) in [7, 11) is 1.92. The van der Waals surface area contributed by atoms with Gasteiger partial charge in [-0.3, -0.25) is 9.78 Å². The molecule has 11 heteroatoms. The maximum absolute atomic E-state index is 12.8. The summed E-state index contributed by atoms with van der Waals surface area (Å²) in [4.78, 5) is 41.9. The number of rotatable bonds is 2. The highest BCUT2D eigenvalue weighted by Gasteiger charge is 2.51. The van der Waals surface area contributed by atoms with Gasteiger partial charge >= 0.3 is 18.2 Å². The number of alkyl halides is 3. The molecule has 2 saturated heterocycles. The van der Waals surface area contributed by atoms with Crippen LogP contribution in [0.3, 0.4) is 0 Å². The predicted octanol–water partition coefficient (Wildman–Crippen LogP) is 2.37. The Labute approximate surface area is 177 Å². The first kappa shape index (κ1) is 22.8. The molecule has 1 unspecified atom stereocenters. The zero-order valence-electron chi connectivity index (χ0n) is 17.1. The number of nitrogens with one attached hydrogen (secondary N) is 1. The average Bonchev–Trinajstić information content (AvgIpc) is 3.52. The zero-order valence-corrected chi connectivity index (χ0v) is 17.1. The van der Waals surface area contributed by atoms with Crippen molar-refractivity contribution >= 4 is 17.9 Å². The third-order valence-corrected chi connectivity index (χ3v) is 6.14. The number of pyridine rings is 1. The molecule has 0 aromatic carbocycles. The van der Waals surface area contributed by atoms with Gasteiger partial charge in [0.15, 0.2) is 0 Å². The van der Waals surface area contributed by atoms with Crippen molar-refractivity contribution in [1.82, 2.24) is 20.1 Å². The number of aromatic nitrogens is 1. The lowest BCUT2D eigenvalue weighted by molar-refractivity contribution is -0.192. The number of hydrogen-bond acceptors (Lipinski definition) is 4. The van der Waals surface area contributed by atoms with Crippen LogP contribution < -0.4 is 5.32 Å². The second kappa shape index (κ2) is 8.72. The fourth-order valence-electron chi connectivity index (χ4n) is 4.07. The highest BCUT2D eigenvalue weighted by atomic mass is 19.4. The maximum Gasteiger partial charge on any atom is 0.490 e. The Bertz CT molecular complexity index is 821. The summed E-state index contributed by atoms with van der Waals surface area (Å²) in [5.41, 5.74) is 0.883. The molecular weight excluding hydrogens is 417 g/mol. The van der Waals surface area contributed by atoms with Crippen LogP contribution in [0.5, 0.6) is 0 Å². The standard InChI is InChI=1S/C18H24N4O2.C2HF3O2/c1-21-16(23)15(13-3-2-8-19-12-13)11-18(21)6-9-22(10-7-18)17(24)20-14-4-5-14;3-2(4,5)1(6)7/h2-3,8,12,14-15H,4-7,9-11H2,1H3,(H,20,24);(H,6,7). The Kier molecular flexibility index (Phi) is 6.42. The van der Waals surface area contributed by atoms with Crippen molar-refractivity contribution < 1.29 is 32.7 Å². The van der Waals surface area contributed by atoms with Crippen LogP contribution in [0.4, 0.5) is 18.0 Å². The summed E-state index contributed by atoms with van der Waals surface area (Å²) in [6, 6.07) is 4.32. The van der Waals surface area contributed by atoms with Gasteiger partial charge in [-0.2, -0.15) is 13.2 Å². The third-order valence-electron chi connectivity index (χ3n) is 6.14. The fourth-order valence-corrected chi connectivity index (χ4v) is 4.07. The second-order valence-corrected chi connectivity index (χ2v) is 8.18. The number of carboxylic acids is 1. The molecule has 0 radical (unpaired) electrons. The molecule has 2 N–H and O–H groups in total. The van der Waals surface area contributed by atoms with Crippen molar-refractivity contribution in [2.24, 2.45) is 0 Å². The van der Waals surface area contributed by atoms with Gasteiger partial charge in [0.05, 0.1) is 5.92 Å². The Balaban J connectivity index is 0.000000339. The Morgan fingerprint density at radius 3 is 2.35 bits per heavy atom. The lowest BCUT2D eigenvalue weighted by atomic mass is 9.81. The van der Waals surface area contributed by atoms with Gasteiger partial charge in [-0.1, -0.05) is 6.07 Å². The first-order valence-electron chi connectivity index (χ1n) is 10.1. The van der Waals surface area contributed by atoms with Gasteiger partial charge in [0.2, 0.25) is 5.91 Å². The number of likely N-dealkylation sites (tertiary alicyclic amines) is 2. The minimum Gasteiger partial charge on any atom is -0.475 e. The summed E-state index contributed by atoms with van der Waals surface area (Å²) in [5.74, 6) is -2.68. The summed E-state index contributed by atoms with van der Waals surface area (Å²) in [6.45, 7) is 1.44. The number of likely N-dealkylation sites (N-methyl/N-ethyl adjacent to an activating group) is 1. The van der Waals surface area contributed by atoms with Crippen LogP contribution >= 0.6 is 0 Å². The molecular formula is C20H25F3N4O4. The highest BCUT2D eigenvalue weighted by molar-refractivity contribution is 5.87. The van der Waals surface area contributed by atoms with Crippen LogP contribution in [0, 0.1) is 0 Å². The second-order valence-electron chi connectivity index (χ2n) is 8.18. The van der Waals surface area contributed by atoms with E-state index in [1.54, 1.807) is 12.4 Å². The van der Waals surface area contributed by atoms with E-state index in [0.717, 1.165) is 50.8 Å². The highest BCUT2D eigenvalue weighted by Crippen LogP contribution is 2.44. The van der Waals surface area contributed by atoms with Crippen LogP contribution in [-0.4, -0.2) is 75.7 Å². The van der Waals surface area contributed by atoms with Crippen molar-refractivity contribution in [3.8, 4) is 0 Å². The number of nitrogens with zero attached hydrogens (tertiary/aromatic N) is 3. The molecule has 3 fully saturated rings. The number of carboxylic acid groups (broad SMARTS) is 1. The molecule has 1 aromatic rings. The topological polar surface area (TPSA) is 103 Å². The molecule has 170 valence electrons. The van der Waals surface area contributed by atoms with Gasteiger partial charge in [0.1, 0.15) is 0 Å². The molecule has 1 saturated carbocycles. The average molecular weight is 442 g/mol. The molecule has 3 aliphatic rings. The minimum absolute atomic E-state index is 0.0585. The predicted molar refractivity (Wildman–Crippen MR) is 103 cm³/mol. The number of hydrogen-bond donors (Lipinski definition) is 2. The molecule has 1 aliphatic carbocycles. The molecule has 3 heterocycles. The Morgan fingerprint density at radius 2 is 1.87 bits per heavy atom. The number of urea groups is 1. The number of piperidine rings is 1. The van der Waals surface area contributed by atoms with E-state index in [4.69, 9.17) is 9.90 Å². The number of carbonyl (C=O) groups is 3. The van der Waals surface area contributed by atoms with E-state index in [-0.39, 0.29) is 23.4 Å². The van der Waals surface area contributed by atoms with E-state index in [9.17, 15) is 22.8 Å². The van der Waals surface area contributed by atoms with E-state index in [2.05, 4.69) is 10.3 Å². The van der Waals surface area contributed by atoms with Crippen LogP contribution in [0.15, 0.2) is 24.5 Å². The first-order chi connectivity index (χ1) is 14.5. The van der Waals surface area contributed by atoms with Gasteiger partial charge in [-0.05, 0) is 43.7 Å². The van der Waals surface area contributed by atoms with Crippen LogP contribution in [0.1, 0.15) is 43.6 Å². The van der Waals surface area contributed by atoms with E-state index in [0.29, 0.717) is 6.04 Å². The summed E-state index contributed by atoms with van der Waals surface area (Å²) >= 11 is 0. The summed E-state index contributed by atoms with van der Waals surface area (Å²) in [5, 5.41) is 10.2. The summed E-state index contributed by atoms with van der Waals surface area (Å²) in [6.07, 6.45) is 3.19. The number of aliphatic carboxylic acids is 1. The van der Waals surface area contributed by atoms with Gasteiger partial charge in [-0.25, -0.2) is 9.59 Å². The van der Waals surface area contributed by atoms with Crippen LogP contribution in [0.2, 0.25) is 0 Å². The normalized spacial score (nSPS) is 22.7. The lowest BCUT2D eigenvalue weighted by Crippen LogP contribution is -2.54. The molecule has 8 nitrogen and oxygen atoms in total. The van der Waals surface area contributed by atoms with Gasteiger partial charge in [-0.15, -0.1) is 0 Å². The van der Waals surface area contributed by atoms with Gasteiger partial charge in [0.25, 0.3) is 0 Å². The zero-order chi connectivity index (χ0) is 22.8. The van der Waals surface area contributed by atoms with E-state index < -0.39 is 12.1 Å². The molecule has 0 bridgehead atoms. The van der Waals surface area contributed by atoms with E-state index in [1.807, 2.05) is 29.0 Å². The van der Waals surface area contributed by atoms with Crippen molar-refractivity contribution in [2.45, 2.75) is 55.8 Å². The molecule has 3 amide bonds. The summed E-state index contributed by atoms with van der Waals surface area (Å²) < 4.78 is 31.7. The smallest absolute Gasteiger partial charge is 0.475 e. The number of halogens is 3. The molecule has 1 aromatic heterocycles. The Morgan fingerprint density at radius 1 is 1.26 bits per heavy atom.